The molecule has 2 aromatic rings. The number of carboxylic acid groups (broad SMARTS) is 1. The van der Waals surface area contributed by atoms with E-state index in [0.717, 1.165) is 16.7 Å². The van der Waals surface area contributed by atoms with Gasteiger partial charge in [0.1, 0.15) is 5.82 Å². The Balaban J connectivity index is 2.21. The van der Waals surface area contributed by atoms with E-state index in [1.165, 1.54) is 12.1 Å². The van der Waals surface area contributed by atoms with Gasteiger partial charge in [-0.3, -0.25) is 4.79 Å². The lowest BCUT2D eigenvalue weighted by molar-refractivity contribution is -0.136. The molecule has 0 bridgehead atoms. The largest absolute Gasteiger partial charge is 0.481 e. The van der Waals surface area contributed by atoms with Gasteiger partial charge in [-0.2, -0.15) is 0 Å². The molecule has 0 heterocycles. The van der Waals surface area contributed by atoms with Crippen LogP contribution in [0.15, 0.2) is 48.5 Å². The maximum atomic E-state index is 12.8. The molecule has 0 aliphatic heterocycles. The number of aryl methyl sites for hydroxylation is 1. The van der Waals surface area contributed by atoms with Crippen LogP contribution in [-0.4, -0.2) is 11.1 Å². The third-order valence-electron chi connectivity index (χ3n) is 2.73. The molecular formula is C15H13FO2. The second-order valence-electron chi connectivity index (χ2n) is 4.10. The fourth-order valence-corrected chi connectivity index (χ4v) is 1.80. The molecule has 2 rings (SSSR count). The van der Waals surface area contributed by atoms with Crippen LogP contribution in [0.2, 0.25) is 0 Å². The van der Waals surface area contributed by atoms with Crippen LogP contribution in [0.1, 0.15) is 12.0 Å². The first-order valence-electron chi connectivity index (χ1n) is 5.72. The molecule has 0 atom stereocenters. The van der Waals surface area contributed by atoms with Crippen molar-refractivity contribution in [2.45, 2.75) is 12.8 Å². The number of hydrogen-bond acceptors (Lipinski definition) is 1. The Morgan fingerprint density at radius 2 is 1.78 bits per heavy atom. The van der Waals surface area contributed by atoms with E-state index in [1.54, 1.807) is 12.1 Å². The Labute approximate surface area is 105 Å². The van der Waals surface area contributed by atoms with E-state index < -0.39 is 5.97 Å². The first kappa shape index (κ1) is 12.3. The molecule has 0 amide bonds. The molecule has 92 valence electrons. The molecular weight excluding hydrogens is 231 g/mol. The van der Waals surface area contributed by atoms with Gasteiger partial charge < -0.3 is 5.11 Å². The third kappa shape index (κ3) is 3.17. The van der Waals surface area contributed by atoms with Gasteiger partial charge in [-0.1, -0.05) is 36.4 Å². The molecule has 0 saturated heterocycles. The summed E-state index contributed by atoms with van der Waals surface area (Å²) in [7, 11) is 0. The number of aliphatic carboxylic acids is 1. The van der Waals surface area contributed by atoms with Crippen molar-refractivity contribution in [1.82, 2.24) is 0 Å². The average molecular weight is 244 g/mol. The maximum absolute atomic E-state index is 12.8. The van der Waals surface area contributed by atoms with E-state index in [1.807, 2.05) is 24.3 Å². The van der Waals surface area contributed by atoms with Gasteiger partial charge in [0.05, 0.1) is 0 Å². The highest BCUT2D eigenvalue weighted by atomic mass is 19.1. The van der Waals surface area contributed by atoms with Crippen LogP contribution in [0.4, 0.5) is 4.39 Å². The van der Waals surface area contributed by atoms with E-state index in [4.69, 9.17) is 5.11 Å². The molecule has 0 fully saturated rings. The summed E-state index contributed by atoms with van der Waals surface area (Å²) in [6.45, 7) is 0. The predicted octanol–water partition coefficient (Wildman–Crippen LogP) is 3.51. The van der Waals surface area contributed by atoms with Gasteiger partial charge in [0.2, 0.25) is 0 Å². The van der Waals surface area contributed by atoms with Crippen LogP contribution in [0, 0.1) is 5.82 Å². The van der Waals surface area contributed by atoms with Gasteiger partial charge >= 0.3 is 5.97 Å². The Morgan fingerprint density at radius 1 is 1.06 bits per heavy atom. The second-order valence-corrected chi connectivity index (χ2v) is 4.10. The van der Waals surface area contributed by atoms with Crippen molar-refractivity contribution in [3.05, 3.63) is 59.9 Å². The van der Waals surface area contributed by atoms with Crippen LogP contribution >= 0.6 is 0 Å². The van der Waals surface area contributed by atoms with Crippen molar-refractivity contribution in [2.75, 3.05) is 0 Å². The zero-order valence-electron chi connectivity index (χ0n) is 9.77. The van der Waals surface area contributed by atoms with Crippen molar-refractivity contribution >= 4 is 5.97 Å². The molecule has 2 aromatic carbocycles. The fourth-order valence-electron chi connectivity index (χ4n) is 1.80. The normalized spacial score (nSPS) is 10.3. The number of rotatable bonds is 4. The van der Waals surface area contributed by atoms with Crippen LogP contribution in [0.5, 0.6) is 0 Å². The molecule has 2 nitrogen and oxygen atoms in total. The molecule has 0 aromatic heterocycles. The first-order valence-corrected chi connectivity index (χ1v) is 5.72. The summed E-state index contributed by atoms with van der Waals surface area (Å²) in [4.78, 5) is 10.5. The molecule has 18 heavy (non-hydrogen) atoms. The lowest BCUT2D eigenvalue weighted by Crippen LogP contribution is -1.97. The highest BCUT2D eigenvalue weighted by Crippen LogP contribution is 2.21. The van der Waals surface area contributed by atoms with Gasteiger partial charge in [-0.05, 0) is 35.2 Å². The quantitative estimate of drug-likeness (QED) is 0.893. The minimum atomic E-state index is -0.804. The van der Waals surface area contributed by atoms with Crippen LogP contribution in [0.3, 0.4) is 0 Å². The number of carboxylic acids is 1. The monoisotopic (exact) mass is 244 g/mol. The minimum absolute atomic E-state index is 0.118. The molecule has 0 aliphatic rings. The molecule has 0 aliphatic carbocycles. The van der Waals surface area contributed by atoms with Crippen molar-refractivity contribution in [2.24, 2.45) is 0 Å². The van der Waals surface area contributed by atoms with Crippen molar-refractivity contribution < 1.29 is 14.3 Å². The van der Waals surface area contributed by atoms with E-state index in [-0.39, 0.29) is 12.2 Å². The summed E-state index contributed by atoms with van der Waals surface area (Å²) in [6, 6.07) is 13.9. The van der Waals surface area contributed by atoms with E-state index >= 15 is 0 Å². The lowest BCUT2D eigenvalue weighted by Gasteiger charge is -2.04. The Bertz CT molecular complexity index is 547. The predicted molar refractivity (Wildman–Crippen MR) is 67.8 cm³/mol. The zero-order chi connectivity index (χ0) is 13.0. The fraction of sp³-hybridized carbons (Fsp3) is 0.133. The highest BCUT2D eigenvalue weighted by molar-refractivity contribution is 5.68. The van der Waals surface area contributed by atoms with Crippen molar-refractivity contribution in [1.29, 1.82) is 0 Å². The first-order chi connectivity index (χ1) is 8.65. The number of halogens is 1. The molecule has 3 heteroatoms. The Kier molecular flexibility index (Phi) is 3.72. The number of hydrogen-bond donors (Lipinski definition) is 1. The molecule has 0 saturated carbocycles. The SMILES string of the molecule is O=C(O)CCc1cccc(-c2ccc(F)cc2)c1. The van der Waals surface area contributed by atoms with E-state index in [2.05, 4.69) is 0 Å². The van der Waals surface area contributed by atoms with Crippen LogP contribution < -0.4 is 0 Å². The van der Waals surface area contributed by atoms with Crippen LogP contribution in [0.25, 0.3) is 11.1 Å². The van der Waals surface area contributed by atoms with E-state index in [9.17, 15) is 9.18 Å². The standard InChI is InChI=1S/C15H13FO2/c16-14-7-5-12(6-8-14)13-3-1-2-11(10-13)4-9-15(17)18/h1-3,5-8,10H,4,9H2,(H,17,18). The summed E-state index contributed by atoms with van der Waals surface area (Å²) < 4.78 is 12.8. The summed E-state index contributed by atoms with van der Waals surface area (Å²) >= 11 is 0. The van der Waals surface area contributed by atoms with E-state index in [0.29, 0.717) is 6.42 Å². The summed E-state index contributed by atoms with van der Waals surface area (Å²) in [6.07, 6.45) is 0.622. The molecule has 0 unspecified atom stereocenters. The zero-order valence-corrected chi connectivity index (χ0v) is 9.77. The third-order valence-corrected chi connectivity index (χ3v) is 2.73. The topological polar surface area (TPSA) is 37.3 Å². The van der Waals surface area contributed by atoms with Gasteiger partial charge in [0, 0.05) is 6.42 Å². The highest BCUT2D eigenvalue weighted by Gasteiger charge is 2.02. The van der Waals surface area contributed by atoms with Gasteiger partial charge in [0.25, 0.3) is 0 Å². The van der Waals surface area contributed by atoms with Gasteiger partial charge in [0.15, 0.2) is 0 Å². The summed E-state index contributed by atoms with van der Waals surface area (Å²) in [5, 5.41) is 8.65. The maximum Gasteiger partial charge on any atom is 0.303 e. The van der Waals surface area contributed by atoms with Crippen molar-refractivity contribution in [3.63, 3.8) is 0 Å². The molecule has 0 spiro atoms. The molecule has 0 radical (unpaired) electrons. The Morgan fingerprint density at radius 3 is 2.44 bits per heavy atom. The van der Waals surface area contributed by atoms with Gasteiger partial charge in [-0.15, -0.1) is 0 Å². The molecule has 1 N–H and O–H groups in total. The smallest absolute Gasteiger partial charge is 0.303 e. The second kappa shape index (κ2) is 5.45. The van der Waals surface area contributed by atoms with Crippen LogP contribution in [-0.2, 0) is 11.2 Å². The minimum Gasteiger partial charge on any atom is -0.481 e. The van der Waals surface area contributed by atoms with Crippen molar-refractivity contribution in [3.8, 4) is 11.1 Å². The Hall–Kier alpha value is -2.16. The average Bonchev–Trinajstić information content (AvgIpc) is 2.37. The summed E-state index contributed by atoms with van der Waals surface area (Å²) in [5.74, 6) is -1.07. The lowest BCUT2D eigenvalue weighted by atomic mass is 10.0. The number of carbonyl (C=O) groups is 1. The summed E-state index contributed by atoms with van der Waals surface area (Å²) in [5.41, 5.74) is 2.87. The number of benzene rings is 2. The van der Waals surface area contributed by atoms with Gasteiger partial charge in [-0.25, -0.2) is 4.39 Å².